The third kappa shape index (κ3) is 4.68. The molecule has 0 radical (unpaired) electrons. The first-order valence-corrected chi connectivity index (χ1v) is 9.31. The number of rotatable bonds is 6. The van der Waals surface area contributed by atoms with Gasteiger partial charge in [0.1, 0.15) is 60.3 Å². The molecule has 0 amide bonds. The van der Waals surface area contributed by atoms with Gasteiger partial charge in [-0.1, -0.05) is 0 Å². The highest BCUT2D eigenvalue weighted by Crippen LogP contribution is 2.28. The Kier molecular flexibility index (Phi) is 7.47. The van der Waals surface area contributed by atoms with E-state index in [-0.39, 0.29) is 11.5 Å². The van der Waals surface area contributed by atoms with E-state index in [1.54, 1.807) is 0 Å². The van der Waals surface area contributed by atoms with Crippen molar-refractivity contribution in [3.63, 3.8) is 0 Å². The van der Waals surface area contributed by atoms with Crippen molar-refractivity contribution in [1.82, 2.24) is 0 Å². The smallest absolute Gasteiger partial charge is 0.229 e. The summed E-state index contributed by atoms with van der Waals surface area (Å²) in [7, 11) is 0. The summed E-state index contributed by atoms with van der Waals surface area (Å²) in [6, 6.07) is 5.67. The molecule has 0 spiro atoms. The molecule has 8 unspecified atom stereocenters. The maximum absolute atomic E-state index is 10.0. The van der Waals surface area contributed by atoms with Crippen molar-refractivity contribution in [3.05, 3.63) is 24.3 Å². The van der Waals surface area contributed by atoms with Gasteiger partial charge in [0.15, 0.2) is 0 Å². The van der Waals surface area contributed by atoms with Crippen molar-refractivity contribution >= 4 is 0 Å². The van der Waals surface area contributed by atoms with Crippen molar-refractivity contribution < 1.29 is 59.8 Å². The first-order valence-electron chi connectivity index (χ1n) is 9.31. The van der Waals surface area contributed by atoms with Gasteiger partial charge in [0.2, 0.25) is 12.6 Å². The highest BCUT2D eigenvalue weighted by atomic mass is 16.7. The van der Waals surface area contributed by atoms with Gasteiger partial charge in [-0.15, -0.1) is 0 Å². The molecule has 2 saturated heterocycles. The lowest BCUT2D eigenvalue weighted by Gasteiger charge is -2.39. The summed E-state index contributed by atoms with van der Waals surface area (Å²) in [5.74, 6) is 0.390. The third-order valence-electron chi connectivity index (χ3n) is 5.03. The average Bonchev–Trinajstić information content (AvgIpc) is 2.75. The standard InChI is InChI=1S/C18H26O12/c19-5-9-11(21)13(23)15(25)17(29-9)27-7-1-2-8(4-3-7)28-18-16(26)14(24)12(22)10(6-20)30-18/h1-4,9-26H,5-6H2/t9-,10-,11?,12?,13?,14?,15?,16?,17?,18?/m1/s1. The molecule has 8 N–H and O–H groups in total. The summed E-state index contributed by atoms with van der Waals surface area (Å²) in [5.41, 5.74) is 0. The molecule has 0 aromatic heterocycles. The molecule has 0 bridgehead atoms. The Bertz CT molecular complexity index is 611. The van der Waals surface area contributed by atoms with Gasteiger partial charge in [-0.25, -0.2) is 0 Å². The van der Waals surface area contributed by atoms with Crippen LogP contribution in [0.3, 0.4) is 0 Å². The normalized spacial score (nSPS) is 42.0. The summed E-state index contributed by atoms with van der Waals surface area (Å²) in [4.78, 5) is 0. The molecule has 2 aliphatic heterocycles. The molecule has 12 nitrogen and oxygen atoms in total. The number of hydrogen-bond acceptors (Lipinski definition) is 12. The fourth-order valence-corrected chi connectivity index (χ4v) is 3.19. The fraction of sp³-hybridized carbons (Fsp3) is 0.667. The van der Waals surface area contributed by atoms with E-state index >= 15 is 0 Å². The van der Waals surface area contributed by atoms with Gasteiger partial charge in [-0.05, 0) is 24.3 Å². The molecule has 2 heterocycles. The molecule has 2 fully saturated rings. The third-order valence-corrected chi connectivity index (χ3v) is 5.03. The molecule has 1 aromatic carbocycles. The molecule has 2 aliphatic rings. The zero-order chi connectivity index (χ0) is 22.0. The van der Waals surface area contributed by atoms with Crippen LogP contribution in [0.25, 0.3) is 0 Å². The van der Waals surface area contributed by atoms with Crippen LogP contribution in [0.5, 0.6) is 11.5 Å². The van der Waals surface area contributed by atoms with Crippen LogP contribution >= 0.6 is 0 Å². The predicted molar refractivity (Wildman–Crippen MR) is 95.2 cm³/mol. The van der Waals surface area contributed by atoms with Crippen LogP contribution in [0.1, 0.15) is 0 Å². The lowest BCUT2D eigenvalue weighted by molar-refractivity contribution is -0.278. The van der Waals surface area contributed by atoms with E-state index in [1.807, 2.05) is 0 Å². The molecular weight excluding hydrogens is 408 g/mol. The SMILES string of the molecule is OC[C@H]1OC(Oc2ccc(OC3O[C@H](CO)C(O)C(O)C3O)cc2)C(O)C(O)C1O. The lowest BCUT2D eigenvalue weighted by Crippen LogP contribution is -2.60. The van der Waals surface area contributed by atoms with E-state index in [9.17, 15) is 40.9 Å². The highest BCUT2D eigenvalue weighted by molar-refractivity contribution is 5.31. The first kappa shape index (κ1) is 23.1. The highest BCUT2D eigenvalue weighted by Gasteiger charge is 2.45. The number of benzene rings is 1. The fourth-order valence-electron chi connectivity index (χ4n) is 3.19. The van der Waals surface area contributed by atoms with E-state index in [0.29, 0.717) is 0 Å². The Hall–Kier alpha value is -1.58. The molecule has 3 rings (SSSR count). The summed E-state index contributed by atoms with van der Waals surface area (Å²) >= 11 is 0. The minimum Gasteiger partial charge on any atom is -0.462 e. The van der Waals surface area contributed by atoms with E-state index in [0.717, 1.165) is 0 Å². The topological polar surface area (TPSA) is 199 Å². The van der Waals surface area contributed by atoms with Crippen molar-refractivity contribution in [2.24, 2.45) is 0 Å². The molecule has 10 atom stereocenters. The second-order valence-corrected chi connectivity index (χ2v) is 7.10. The van der Waals surface area contributed by atoms with E-state index in [2.05, 4.69) is 0 Å². The van der Waals surface area contributed by atoms with Crippen LogP contribution in [0, 0.1) is 0 Å². The maximum Gasteiger partial charge on any atom is 0.229 e. The lowest BCUT2D eigenvalue weighted by atomic mass is 9.99. The second kappa shape index (κ2) is 9.70. The van der Waals surface area contributed by atoms with Crippen molar-refractivity contribution in [3.8, 4) is 11.5 Å². The van der Waals surface area contributed by atoms with Crippen LogP contribution < -0.4 is 9.47 Å². The van der Waals surface area contributed by atoms with Gasteiger partial charge in [0.25, 0.3) is 0 Å². The van der Waals surface area contributed by atoms with Crippen LogP contribution in [-0.4, -0.2) is 115 Å². The Balaban J connectivity index is 1.62. The molecule has 0 aliphatic carbocycles. The van der Waals surface area contributed by atoms with Gasteiger partial charge in [-0.2, -0.15) is 0 Å². The van der Waals surface area contributed by atoms with Gasteiger partial charge in [0, 0.05) is 0 Å². The summed E-state index contributed by atoms with van der Waals surface area (Å²) in [5, 5.41) is 77.6. The number of ether oxygens (including phenoxy) is 4. The van der Waals surface area contributed by atoms with Crippen LogP contribution in [-0.2, 0) is 9.47 Å². The Morgan fingerprint density at radius 1 is 0.567 bits per heavy atom. The monoisotopic (exact) mass is 434 g/mol. The molecule has 1 aromatic rings. The molecule has 170 valence electrons. The zero-order valence-corrected chi connectivity index (χ0v) is 15.7. The predicted octanol–water partition coefficient (Wildman–Crippen LogP) is -3.96. The Morgan fingerprint density at radius 2 is 0.900 bits per heavy atom. The maximum atomic E-state index is 10.0. The molecule has 12 heteroatoms. The van der Waals surface area contributed by atoms with Crippen LogP contribution in [0.4, 0.5) is 0 Å². The van der Waals surface area contributed by atoms with Crippen LogP contribution in [0.2, 0.25) is 0 Å². The molecular formula is C18H26O12. The Labute approximate surface area is 171 Å². The second-order valence-electron chi connectivity index (χ2n) is 7.10. The Morgan fingerprint density at radius 3 is 1.20 bits per heavy atom. The van der Waals surface area contributed by atoms with Crippen LogP contribution in [0.15, 0.2) is 24.3 Å². The number of aliphatic hydroxyl groups is 8. The van der Waals surface area contributed by atoms with Gasteiger partial charge in [0.05, 0.1) is 13.2 Å². The largest absolute Gasteiger partial charge is 0.462 e. The minimum absolute atomic E-state index is 0.195. The van der Waals surface area contributed by atoms with Crippen molar-refractivity contribution in [2.75, 3.05) is 13.2 Å². The van der Waals surface area contributed by atoms with E-state index in [4.69, 9.17) is 18.9 Å². The van der Waals surface area contributed by atoms with Gasteiger partial charge < -0.3 is 59.8 Å². The minimum atomic E-state index is -1.57. The number of aliphatic hydroxyl groups excluding tert-OH is 8. The van der Waals surface area contributed by atoms with E-state index < -0.39 is 74.6 Å². The number of hydrogen-bond donors (Lipinski definition) is 8. The first-order chi connectivity index (χ1) is 14.3. The summed E-state index contributed by atoms with van der Waals surface area (Å²) < 4.78 is 21.4. The van der Waals surface area contributed by atoms with Crippen molar-refractivity contribution in [1.29, 1.82) is 0 Å². The quantitative estimate of drug-likeness (QED) is 0.216. The van der Waals surface area contributed by atoms with E-state index in [1.165, 1.54) is 24.3 Å². The van der Waals surface area contributed by atoms with Crippen molar-refractivity contribution in [2.45, 2.75) is 61.4 Å². The van der Waals surface area contributed by atoms with Gasteiger partial charge >= 0.3 is 0 Å². The molecule has 0 saturated carbocycles. The average molecular weight is 434 g/mol. The summed E-state index contributed by atoms with van der Waals surface area (Å²) in [6.45, 7) is -1.17. The zero-order valence-electron chi connectivity index (χ0n) is 15.7. The summed E-state index contributed by atoms with van der Waals surface area (Å²) in [6.07, 6.45) is -14.2. The van der Waals surface area contributed by atoms with Gasteiger partial charge in [-0.3, -0.25) is 0 Å². The molecule has 30 heavy (non-hydrogen) atoms.